The molecule has 0 aliphatic heterocycles. The number of rotatable bonds is 9. The lowest BCUT2D eigenvalue weighted by atomic mass is 9.86. The van der Waals surface area contributed by atoms with Gasteiger partial charge in [-0.3, -0.25) is 4.98 Å². The SMILES string of the molecule is CC(C)CCN(C(=O)NC(NS(=O)(=O)c1cncs1)C(=O)O)C1CCC(C)CC1. The highest BCUT2D eigenvalue weighted by Crippen LogP contribution is 2.27. The van der Waals surface area contributed by atoms with Gasteiger partial charge >= 0.3 is 12.0 Å². The second-order valence-electron chi connectivity index (χ2n) is 7.95. The maximum absolute atomic E-state index is 12.9. The summed E-state index contributed by atoms with van der Waals surface area (Å²) in [4.78, 5) is 29.9. The predicted molar refractivity (Wildman–Crippen MR) is 110 cm³/mol. The molecule has 1 atom stereocenters. The molecule has 2 rings (SSSR count). The van der Waals surface area contributed by atoms with E-state index in [1.165, 1.54) is 5.51 Å². The zero-order valence-corrected chi connectivity index (χ0v) is 18.6. The van der Waals surface area contributed by atoms with Gasteiger partial charge in [0.05, 0.1) is 11.7 Å². The van der Waals surface area contributed by atoms with Gasteiger partial charge in [0.1, 0.15) is 0 Å². The average molecular weight is 447 g/mol. The van der Waals surface area contributed by atoms with Crippen molar-refractivity contribution in [2.45, 2.75) is 69.3 Å². The summed E-state index contributed by atoms with van der Waals surface area (Å²) in [6.45, 7) is 6.80. The van der Waals surface area contributed by atoms with Gasteiger partial charge in [0.2, 0.25) is 0 Å². The Morgan fingerprint density at radius 1 is 1.31 bits per heavy atom. The molecule has 0 spiro atoms. The molecule has 0 bridgehead atoms. The number of aromatic nitrogens is 1. The first-order chi connectivity index (χ1) is 13.6. The van der Waals surface area contributed by atoms with Gasteiger partial charge in [0.15, 0.2) is 10.4 Å². The number of carbonyl (C=O) groups is 2. The van der Waals surface area contributed by atoms with Gasteiger partial charge in [-0.25, -0.2) is 18.0 Å². The Bertz CT molecular complexity index is 774. The monoisotopic (exact) mass is 446 g/mol. The molecule has 2 amide bonds. The van der Waals surface area contributed by atoms with Crippen LogP contribution in [0, 0.1) is 11.8 Å². The molecule has 9 nitrogen and oxygen atoms in total. The number of nitrogens with zero attached hydrogens (tertiary/aromatic N) is 2. The Hall–Kier alpha value is -1.72. The second-order valence-corrected chi connectivity index (χ2v) is 10.8. The van der Waals surface area contributed by atoms with Gasteiger partial charge in [0.25, 0.3) is 10.0 Å². The Kier molecular flexibility index (Phi) is 8.41. The zero-order valence-electron chi connectivity index (χ0n) is 17.0. The first-order valence-electron chi connectivity index (χ1n) is 9.81. The molecule has 0 aromatic carbocycles. The fourth-order valence-corrected chi connectivity index (χ4v) is 5.21. The number of urea groups is 1. The fraction of sp³-hybridized carbons (Fsp3) is 0.722. The number of carbonyl (C=O) groups excluding carboxylic acids is 1. The molecule has 29 heavy (non-hydrogen) atoms. The van der Waals surface area contributed by atoms with Crippen LogP contribution in [0.2, 0.25) is 0 Å². The maximum Gasteiger partial charge on any atom is 0.342 e. The van der Waals surface area contributed by atoms with E-state index in [4.69, 9.17) is 0 Å². The molecule has 3 N–H and O–H groups in total. The van der Waals surface area contributed by atoms with Crippen molar-refractivity contribution in [2.24, 2.45) is 11.8 Å². The summed E-state index contributed by atoms with van der Waals surface area (Å²) in [5.74, 6) is -0.486. The van der Waals surface area contributed by atoms with E-state index in [1.54, 1.807) is 4.90 Å². The second kappa shape index (κ2) is 10.4. The van der Waals surface area contributed by atoms with Crippen LogP contribution in [0.5, 0.6) is 0 Å². The molecular formula is C18H30N4O5S2. The number of hydrogen-bond acceptors (Lipinski definition) is 6. The summed E-state index contributed by atoms with van der Waals surface area (Å²) >= 11 is 0.865. The number of carboxylic acid groups (broad SMARTS) is 1. The molecule has 1 fully saturated rings. The summed E-state index contributed by atoms with van der Waals surface area (Å²) in [5.41, 5.74) is 1.33. The normalized spacial score (nSPS) is 21.0. The highest BCUT2D eigenvalue weighted by molar-refractivity contribution is 7.91. The Morgan fingerprint density at radius 3 is 2.48 bits per heavy atom. The third-order valence-corrected chi connectivity index (χ3v) is 7.79. The van der Waals surface area contributed by atoms with E-state index >= 15 is 0 Å². The number of thiazole rings is 1. The summed E-state index contributed by atoms with van der Waals surface area (Å²) in [6.07, 6.45) is 3.88. The molecule has 1 saturated carbocycles. The highest BCUT2D eigenvalue weighted by atomic mass is 32.2. The molecule has 1 heterocycles. The van der Waals surface area contributed by atoms with Crippen molar-refractivity contribution in [3.05, 3.63) is 11.7 Å². The number of nitrogens with one attached hydrogen (secondary N) is 2. The molecular weight excluding hydrogens is 416 g/mol. The van der Waals surface area contributed by atoms with Crippen molar-refractivity contribution in [1.29, 1.82) is 0 Å². The Morgan fingerprint density at radius 2 is 1.97 bits per heavy atom. The minimum Gasteiger partial charge on any atom is -0.479 e. The van der Waals surface area contributed by atoms with E-state index < -0.39 is 28.2 Å². The molecule has 1 aromatic rings. The van der Waals surface area contributed by atoms with Gasteiger partial charge < -0.3 is 15.3 Å². The highest BCUT2D eigenvalue weighted by Gasteiger charge is 2.32. The van der Waals surface area contributed by atoms with E-state index in [0.29, 0.717) is 18.4 Å². The average Bonchev–Trinajstić information content (AvgIpc) is 3.18. The number of hydrogen-bond donors (Lipinski definition) is 3. The molecule has 11 heteroatoms. The van der Waals surface area contributed by atoms with E-state index in [9.17, 15) is 23.1 Å². The topological polar surface area (TPSA) is 129 Å². The Labute approximate surface area is 175 Å². The quantitative estimate of drug-likeness (QED) is 0.500. The van der Waals surface area contributed by atoms with Crippen molar-refractivity contribution in [3.63, 3.8) is 0 Å². The van der Waals surface area contributed by atoms with Crippen LogP contribution in [0.1, 0.15) is 52.9 Å². The summed E-state index contributed by atoms with van der Waals surface area (Å²) < 4.78 is 26.6. The molecule has 0 radical (unpaired) electrons. The lowest BCUT2D eigenvalue weighted by Crippen LogP contribution is -2.58. The van der Waals surface area contributed by atoms with E-state index in [-0.39, 0.29) is 10.3 Å². The number of sulfonamides is 1. The van der Waals surface area contributed by atoms with Crippen LogP contribution in [-0.2, 0) is 14.8 Å². The first kappa shape index (κ1) is 23.6. The van der Waals surface area contributed by atoms with Crippen LogP contribution in [0.15, 0.2) is 15.9 Å². The van der Waals surface area contributed by atoms with Crippen LogP contribution >= 0.6 is 11.3 Å². The number of carboxylic acids is 1. The molecule has 0 saturated heterocycles. The predicted octanol–water partition coefficient (Wildman–Crippen LogP) is 2.47. The smallest absolute Gasteiger partial charge is 0.342 e. The van der Waals surface area contributed by atoms with Crippen LogP contribution < -0.4 is 10.0 Å². The van der Waals surface area contributed by atoms with E-state index in [2.05, 4.69) is 31.1 Å². The van der Waals surface area contributed by atoms with Crippen molar-refractivity contribution in [2.75, 3.05) is 6.54 Å². The lowest BCUT2D eigenvalue weighted by Gasteiger charge is -2.37. The molecule has 1 aliphatic carbocycles. The maximum atomic E-state index is 12.9. The molecule has 1 aliphatic rings. The minimum absolute atomic E-state index is 0.0255. The van der Waals surface area contributed by atoms with Crippen molar-refractivity contribution in [3.8, 4) is 0 Å². The van der Waals surface area contributed by atoms with E-state index in [1.807, 2.05) is 4.72 Å². The first-order valence-corrected chi connectivity index (χ1v) is 12.2. The van der Waals surface area contributed by atoms with Crippen molar-refractivity contribution in [1.82, 2.24) is 19.9 Å². The Balaban J connectivity index is 2.11. The van der Waals surface area contributed by atoms with Crippen molar-refractivity contribution >= 4 is 33.4 Å². The third kappa shape index (κ3) is 6.93. The fourth-order valence-electron chi connectivity index (χ4n) is 3.30. The van der Waals surface area contributed by atoms with Gasteiger partial charge in [-0.2, -0.15) is 4.72 Å². The zero-order chi connectivity index (χ0) is 21.6. The van der Waals surface area contributed by atoms with Crippen LogP contribution in [0.25, 0.3) is 0 Å². The van der Waals surface area contributed by atoms with Gasteiger partial charge in [-0.1, -0.05) is 20.8 Å². The van der Waals surface area contributed by atoms with Crippen LogP contribution in [0.4, 0.5) is 4.79 Å². The van der Waals surface area contributed by atoms with Crippen LogP contribution in [0.3, 0.4) is 0 Å². The number of amides is 2. The third-order valence-electron chi connectivity index (χ3n) is 5.10. The summed E-state index contributed by atoms with van der Waals surface area (Å²) in [6, 6.07) is -0.540. The number of aliphatic carboxylic acids is 1. The van der Waals surface area contributed by atoms with E-state index in [0.717, 1.165) is 49.6 Å². The standard InChI is InChI=1S/C18H30N4O5S2/c1-12(2)8-9-22(14-6-4-13(3)5-7-14)18(25)20-16(17(23)24)21-29(26,27)15-10-19-11-28-15/h10-14,16,21H,4-9H2,1-3H3,(H,20,25)(H,23,24). The molecule has 164 valence electrons. The molecule has 1 aromatic heterocycles. The summed E-state index contributed by atoms with van der Waals surface area (Å²) in [7, 11) is -4.10. The summed E-state index contributed by atoms with van der Waals surface area (Å²) in [5, 5.41) is 11.8. The van der Waals surface area contributed by atoms with Crippen LogP contribution in [-0.4, -0.2) is 54.2 Å². The molecule has 1 unspecified atom stereocenters. The lowest BCUT2D eigenvalue weighted by molar-refractivity contribution is -0.139. The minimum atomic E-state index is -4.10. The van der Waals surface area contributed by atoms with Gasteiger partial charge in [-0.15, -0.1) is 11.3 Å². The van der Waals surface area contributed by atoms with Crippen molar-refractivity contribution < 1.29 is 23.1 Å². The van der Waals surface area contributed by atoms with Gasteiger partial charge in [0, 0.05) is 12.6 Å². The largest absolute Gasteiger partial charge is 0.479 e. The van der Waals surface area contributed by atoms with Gasteiger partial charge in [-0.05, 0) is 43.9 Å².